The lowest BCUT2D eigenvalue weighted by Crippen LogP contribution is -2.44. The summed E-state index contributed by atoms with van der Waals surface area (Å²) in [5.74, 6) is 1.76. The third-order valence-electron chi connectivity index (χ3n) is 4.32. The third kappa shape index (κ3) is 4.53. The maximum atomic E-state index is 6.20. The van der Waals surface area contributed by atoms with E-state index in [0.29, 0.717) is 6.54 Å². The molecule has 7 heteroatoms. The number of nitrogens with zero attached hydrogens (tertiary/aromatic N) is 2. The molecule has 6 nitrogen and oxygen atoms in total. The van der Waals surface area contributed by atoms with E-state index in [9.17, 15) is 0 Å². The van der Waals surface area contributed by atoms with Crippen LogP contribution in [0.5, 0.6) is 5.75 Å². The molecule has 3 rings (SSSR count). The molecule has 1 saturated heterocycles. The molecule has 0 saturated carbocycles. The second-order valence-corrected chi connectivity index (χ2v) is 6.39. The summed E-state index contributed by atoms with van der Waals surface area (Å²) in [6.45, 7) is 6.86. The number of hydrogen-bond donors (Lipinski definition) is 2. The number of morpholine rings is 1. The number of aliphatic imine (C=N–C) groups is 1. The van der Waals surface area contributed by atoms with E-state index in [0.717, 1.165) is 74.7 Å². The van der Waals surface area contributed by atoms with E-state index in [-0.39, 0.29) is 0 Å². The summed E-state index contributed by atoms with van der Waals surface area (Å²) in [4.78, 5) is 6.67. The van der Waals surface area contributed by atoms with E-state index in [1.165, 1.54) is 5.56 Å². The van der Waals surface area contributed by atoms with E-state index >= 15 is 0 Å². The summed E-state index contributed by atoms with van der Waals surface area (Å²) < 4.78 is 11.1. The van der Waals surface area contributed by atoms with Gasteiger partial charge in [0.15, 0.2) is 5.96 Å². The predicted octanol–water partition coefficient (Wildman–Crippen LogP) is 1.27. The first-order chi connectivity index (χ1) is 11.8. The molecule has 0 unspecified atom stereocenters. The van der Waals surface area contributed by atoms with Gasteiger partial charge in [0.25, 0.3) is 0 Å². The summed E-state index contributed by atoms with van der Waals surface area (Å²) in [5.41, 5.74) is 2.26. The van der Waals surface area contributed by atoms with Gasteiger partial charge < -0.3 is 20.1 Å². The molecule has 2 aliphatic heterocycles. The van der Waals surface area contributed by atoms with Crippen LogP contribution in [-0.4, -0.2) is 63.9 Å². The molecule has 0 bridgehead atoms. The number of benzene rings is 1. The van der Waals surface area contributed by atoms with Gasteiger partial charge in [-0.2, -0.15) is 0 Å². The first-order valence-corrected chi connectivity index (χ1v) is 8.83. The Morgan fingerprint density at radius 2 is 2.08 bits per heavy atom. The summed E-state index contributed by atoms with van der Waals surface area (Å²) in [5, 5.41) is 7.45. The highest BCUT2D eigenvalue weighted by atomic mass is 35.5. The van der Waals surface area contributed by atoms with Gasteiger partial charge in [-0.25, -0.2) is 0 Å². The number of guanidine groups is 1. The Hall–Kier alpha value is -1.50. The van der Waals surface area contributed by atoms with Gasteiger partial charge in [0.2, 0.25) is 0 Å². The highest BCUT2D eigenvalue weighted by Crippen LogP contribution is 2.32. The molecule has 2 heterocycles. The molecular formula is C17H25ClN4O2. The molecule has 0 aliphatic carbocycles. The quantitative estimate of drug-likeness (QED) is 0.617. The van der Waals surface area contributed by atoms with Gasteiger partial charge in [-0.1, -0.05) is 11.6 Å². The zero-order valence-corrected chi connectivity index (χ0v) is 14.9. The van der Waals surface area contributed by atoms with Gasteiger partial charge in [0, 0.05) is 56.8 Å². The largest absolute Gasteiger partial charge is 0.493 e. The lowest BCUT2D eigenvalue weighted by molar-refractivity contribution is 0.0389. The van der Waals surface area contributed by atoms with Crippen molar-refractivity contribution in [3.8, 4) is 5.75 Å². The molecule has 1 aromatic rings. The minimum absolute atomic E-state index is 0.639. The molecule has 0 atom stereocenters. The number of ether oxygens (including phenoxy) is 2. The fraction of sp³-hybridized carbons (Fsp3) is 0.588. The number of nitrogens with one attached hydrogen (secondary N) is 2. The molecule has 1 fully saturated rings. The molecule has 1 aromatic carbocycles. The monoisotopic (exact) mass is 352 g/mol. The predicted molar refractivity (Wildman–Crippen MR) is 96.1 cm³/mol. The van der Waals surface area contributed by atoms with Crippen LogP contribution in [0.4, 0.5) is 0 Å². The fourth-order valence-corrected chi connectivity index (χ4v) is 3.30. The Balaban J connectivity index is 1.48. The second kappa shape index (κ2) is 8.55. The standard InChI is InChI=1S/C17H25ClN4O2/c1-19-17(20-3-4-22-5-8-23-9-6-22)21-12-14-11-15(18)10-13-2-7-24-16(13)14/h10-11H,2-9,12H2,1H3,(H2,19,20,21). The molecule has 132 valence electrons. The molecule has 0 spiro atoms. The first-order valence-electron chi connectivity index (χ1n) is 8.45. The highest BCUT2D eigenvalue weighted by molar-refractivity contribution is 6.30. The highest BCUT2D eigenvalue weighted by Gasteiger charge is 2.17. The molecule has 24 heavy (non-hydrogen) atoms. The van der Waals surface area contributed by atoms with Crippen LogP contribution in [0.15, 0.2) is 17.1 Å². The van der Waals surface area contributed by atoms with E-state index < -0.39 is 0 Å². The van der Waals surface area contributed by atoms with E-state index in [4.69, 9.17) is 21.1 Å². The maximum absolute atomic E-state index is 6.20. The molecule has 0 aromatic heterocycles. The SMILES string of the molecule is CN=C(NCCN1CCOCC1)NCc1cc(Cl)cc2c1OCC2. The van der Waals surface area contributed by atoms with E-state index in [2.05, 4.69) is 20.5 Å². The lowest BCUT2D eigenvalue weighted by Gasteiger charge is -2.26. The van der Waals surface area contributed by atoms with Crippen LogP contribution in [0.1, 0.15) is 11.1 Å². The maximum Gasteiger partial charge on any atom is 0.191 e. The smallest absolute Gasteiger partial charge is 0.191 e. The van der Waals surface area contributed by atoms with Crippen LogP contribution in [0.25, 0.3) is 0 Å². The van der Waals surface area contributed by atoms with E-state index in [1.807, 2.05) is 12.1 Å². The van der Waals surface area contributed by atoms with Crippen molar-refractivity contribution >= 4 is 17.6 Å². The van der Waals surface area contributed by atoms with Gasteiger partial charge in [-0.15, -0.1) is 0 Å². The topological polar surface area (TPSA) is 58.1 Å². The normalized spacial score (nSPS) is 18.2. The molecule has 0 amide bonds. The van der Waals surface area contributed by atoms with E-state index in [1.54, 1.807) is 7.05 Å². The van der Waals surface area contributed by atoms with Crippen molar-refractivity contribution in [3.63, 3.8) is 0 Å². The van der Waals surface area contributed by atoms with Crippen molar-refractivity contribution < 1.29 is 9.47 Å². The third-order valence-corrected chi connectivity index (χ3v) is 4.54. The summed E-state index contributed by atoms with van der Waals surface area (Å²) >= 11 is 6.20. The average molecular weight is 353 g/mol. The average Bonchev–Trinajstić information content (AvgIpc) is 3.07. The summed E-state index contributed by atoms with van der Waals surface area (Å²) in [6, 6.07) is 3.95. The van der Waals surface area contributed by atoms with Gasteiger partial charge in [0.05, 0.1) is 19.8 Å². The van der Waals surface area contributed by atoms with Crippen molar-refractivity contribution in [2.24, 2.45) is 4.99 Å². The van der Waals surface area contributed by atoms with Crippen LogP contribution >= 0.6 is 11.6 Å². The zero-order valence-electron chi connectivity index (χ0n) is 14.1. The van der Waals surface area contributed by atoms with Crippen LogP contribution in [-0.2, 0) is 17.7 Å². The van der Waals surface area contributed by atoms with Gasteiger partial charge in [-0.05, 0) is 17.7 Å². The number of halogens is 1. The molecule has 2 aliphatic rings. The molecular weight excluding hydrogens is 328 g/mol. The van der Waals surface area contributed by atoms with Crippen LogP contribution in [0.2, 0.25) is 5.02 Å². The minimum Gasteiger partial charge on any atom is -0.493 e. The Kier molecular flexibility index (Phi) is 6.18. The summed E-state index contributed by atoms with van der Waals surface area (Å²) in [7, 11) is 1.78. The van der Waals surface area contributed by atoms with Crippen LogP contribution in [0, 0.1) is 0 Å². The second-order valence-electron chi connectivity index (χ2n) is 5.96. The number of fused-ring (bicyclic) bond motifs is 1. The van der Waals surface area contributed by atoms with Crippen molar-refractivity contribution in [1.82, 2.24) is 15.5 Å². The van der Waals surface area contributed by atoms with Crippen molar-refractivity contribution in [2.75, 3.05) is 53.0 Å². The number of hydrogen-bond acceptors (Lipinski definition) is 4. The Morgan fingerprint density at radius 3 is 2.88 bits per heavy atom. The van der Waals surface area contributed by atoms with Gasteiger partial charge in [0.1, 0.15) is 5.75 Å². The van der Waals surface area contributed by atoms with Crippen LogP contribution < -0.4 is 15.4 Å². The first kappa shape index (κ1) is 17.3. The summed E-state index contributed by atoms with van der Waals surface area (Å²) in [6.07, 6.45) is 0.926. The van der Waals surface area contributed by atoms with Crippen LogP contribution in [0.3, 0.4) is 0 Å². The Labute approximate surface area is 148 Å². The fourth-order valence-electron chi connectivity index (χ4n) is 3.03. The zero-order chi connectivity index (χ0) is 16.8. The lowest BCUT2D eigenvalue weighted by atomic mass is 10.1. The molecule has 0 radical (unpaired) electrons. The number of rotatable bonds is 5. The van der Waals surface area contributed by atoms with Crippen molar-refractivity contribution in [1.29, 1.82) is 0 Å². The molecule has 2 N–H and O–H groups in total. The van der Waals surface area contributed by atoms with Crippen molar-refractivity contribution in [2.45, 2.75) is 13.0 Å². The Bertz CT molecular complexity index is 588. The van der Waals surface area contributed by atoms with Crippen molar-refractivity contribution in [3.05, 3.63) is 28.3 Å². The van der Waals surface area contributed by atoms with Gasteiger partial charge in [-0.3, -0.25) is 9.89 Å². The van der Waals surface area contributed by atoms with Gasteiger partial charge >= 0.3 is 0 Å². The minimum atomic E-state index is 0.639. The Morgan fingerprint density at radius 1 is 1.25 bits per heavy atom.